The summed E-state index contributed by atoms with van der Waals surface area (Å²) in [5.74, 6) is -0.133. The quantitative estimate of drug-likeness (QED) is 0.556. The summed E-state index contributed by atoms with van der Waals surface area (Å²) in [6.07, 6.45) is 5.47. The lowest BCUT2D eigenvalue weighted by atomic mass is 10.0. The van der Waals surface area contributed by atoms with Gasteiger partial charge in [0.1, 0.15) is 6.04 Å². The zero-order valence-corrected chi connectivity index (χ0v) is 22.5. The third-order valence-corrected chi connectivity index (χ3v) is 7.40. The zero-order chi connectivity index (χ0) is 26.4. The molecule has 0 unspecified atom stereocenters. The van der Waals surface area contributed by atoms with Crippen LogP contribution in [0.15, 0.2) is 48.5 Å². The van der Waals surface area contributed by atoms with Gasteiger partial charge in [0.25, 0.3) is 0 Å². The van der Waals surface area contributed by atoms with Crippen LogP contribution < -0.4 is 14.9 Å². The molecule has 2 N–H and O–H groups in total. The second-order valence-electron chi connectivity index (χ2n) is 9.41. The van der Waals surface area contributed by atoms with Gasteiger partial charge < -0.3 is 20.0 Å². The summed E-state index contributed by atoms with van der Waals surface area (Å²) in [6, 6.07) is 13.6. The molecule has 2 aliphatic heterocycles. The van der Waals surface area contributed by atoms with Crippen LogP contribution in [-0.2, 0) is 21.2 Å². The molecule has 1 radical (unpaired) electrons. The number of halogens is 1. The van der Waals surface area contributed by atoms with Gasteiger partial charge in [-0.15, -0.1) is 0 Å². The third kappa shape index (κ3) is 7.52. The first-order valence-electron chi connectivity index (χ1n) is 12.4. The number of likely N-dealkylation sites (tertiary alicyclic amines) is 1. The molecular weight excluding hydrogens is 514 g/mol. The van der Waals surface area contributed by atoms with E-state index in [1.165, 1.54) is 0 Å². The molecule has 0 spiro atoms. The molecule has 4 rings (SSSR count). The first-order valence-corrected chi connectivity index (χ1v) is 14.7. The Hall–Kier alpha value is -2.98. The number of urea groups is 1. The molecule has 9 nitrogen and oxygen atoms in total. The highest BCUT2D eigenvalue weighted by Gasteiger charge is 2.31. The van der Waals surface area contributed by atoms with Gasteiger partial charge in [-0.1, -0.05) is 35.9 Å². The van der Waals surface area contributed by atoms with Crippen molar-refractivity contribution in [3.63, 3.8) is 0 Å². The lowest BCUT2D eigenvalue weighted by molar-refractivity contribution is -0.133. The Morgan fingerprint density at radius 2 is 1.68 bits per heavy atom. The van der Waals surface area contributed by atoms with Crippen LogP contribution in [0.3, 0.4) is 0 Å². The molecule has 0 saturated carbocycles. The monoisotopic (exact) mass is 546 g/mol. The first kappa shape index (κ1) is 27.1. The van der Waals surface area contributed by atoms with Crippen molar-refractivity contribution in [1.82, 2.24) is 15.1 Å². The van der Waals surface area contributed by atoms with Crippen LogP contribution in [0.2, 0.25) is 5.02 Å². The summed E-state index contributed by atoms with van der Waals surface area (Å²) in [7, 11) is -3.42. The summed E-state index contributed by atoms with van der Waals surface area (Å²) >= 11 is 6.03. The molecule has 0 aliphatic carbocycles. The van der Waals surface area contributed by atoms with Crippen molar-refractivity contribution in [2.24, 2.45) is 0 Å². The van der Waals surface area contributed by atoms with Gasteiger partial charge in [-0.25, -0.2) is 13.2 Å². The van der Waals surface area contributed by atoms with E-state index < -0.39 is 16.1 Å². The highest BCUT2D eigenvalue weighted by atomic mass is 35.5. The standard InChI is InChI=1S/C26H33ClN5O4S/c1-37(35,36)29-22-7-3-4-8-24(22)30-15-17-31(18-16-30)25(33)23(19-20-9-11-21(27)12-10-20)28-26(34)32-13-5-2-6-14-32/h3-5,7-12,23,29H,2,6,13-19H2,1H3,(H,28,34)/t23-/m1/s1. The van der Waals surface area contributed by atoms with Crippen LogP contribution in [-0.4, -0.2) is 81.7 Å². The lowest BCUT2D eigenvalue weighted by Crippen LogP contribution is -2.57. The molecule has 2 aromatic carbocycles. The second kappa shape index (κ2) is 12.0. The Labute approximate surface area is 223 Å². The number of anilines is 2. The van der Waals surface area contributed by atoms with E-state index in [9.17, 15) is 18.0 Å². The highest BCUT2D eigenvalue weighted by molar-refractivity contribution is 7.92. The normalized spacial score (nSPS) is 17.3. The zero-order valence-electron chi connectivity index (χ0n) is 20.9. The van der Waals surface area contributed by atoms with Crippen molar-refractivity contribution >= 4 is 44.9 Å². The van der Waals surface area contributed by atoms with Gasteiger partial charge in [0.2, 0.25) is 15.9 Å². The largest absolute Gasteiger partial charge is 0.366 e. The number of carbonyl (C=O) groups excluding carboxylic acids is 2. The van der Waals surface area contributed by atoms with E-state index in [0.717, 1.165) is 30.3 Å². The maximum atomic E-state index is 13.6. The fourth-order valence-electron chi connectivity index (χ4n) is 4.67. The molecule has 0 aromatic heterocycles. The number of piperidine rings is 1. The number of sulfonamides is 1. The molecule has 3 amide bonds. The fourth-order valence-corrected chi connectivity index (χ4v) is 5.37. The van der Waals surface area contributed by atoms with Gasteiger partial charge >= 0.3 is 6.03 Å². The smallest absolute Gasteiger partial charge is 0.318 e. The molecule has 2 aliphatic rings. The van der Waals surface area contributed by atoms with E-state index in [4.69, 9.17) is 11.6 Å². The number of nitrogens with zero attached hydrogens (tertiary/aromatic N) is 3. The molecule has 2 aromatic rings. The minimum absolute atomic E-state index is 0.133. The maximum absolute atomic E-state index is 13.6. The predicted molar refractivity (Wildman–Crippen MR) is 146 cm³/mol. The topological polar surface area (TPSA) is 102 Å². The van der Waals surface area contributed by atoms with Crippen molar-refractivity contribution in [3.8, 4) is 0 Å². The van der Waals surface area contributed by atoms with E-state index in [1.54, 1.807) is 34.1 Å². The maximum Gasteiger partial charge on any atom is 0.318 e. The number of nitrogens with one attached hydrogen (secondary N) is 2. The van der Waals surface area contributed by atoms with Gasteiger partial charge in [0, 0.05) is 50.7 Å². The summed E-state index contributed by atoms with van der Waals surface area (Å²) < 4.78 is 26.2. The van der Waals surface area contributed by atoms with Crippen molar-refractivity contribution in [2.45, 2.75) is 25.3 Å². The van der Waals surface area contributed by atoms with Crippen LogP contribution in [0.25, 0.3) is 0 Å². The number of hydrogen-bond donors (Lipinski definition) is 2. The van der Waals surface area contributed by atoms with Gasteiger partial charge in [0.15, 0.2) is 0 Å². The molecule has 199 valence electrons. The van der Waals surface area contributed by atoms with Gasteiger partial charge in [0.05, 0.1) is 17.6 Å². The summed E-state index contributed by atoms with van der Waals surface area (Å²) in [5, 5.41) is 3.59. The van der Waals surface area contributed by atoms with E-state index >= 15 is 0 Å². The van der Waals surface area contributed by atoms with Crippen molar-refractivity contribution in [1.29, 1.82) is 0 Å². The number of carbonyl (C=O) groups is 2. The Morgan fingerprint density at radius 1 is 0.973 bits per heavy atom. The van der Waals surface area contributed by atoms with E-state index in [0.29, 0.717) is 56.4 Å². The molecular formula is C26H33ClN5O4S. The van der Waals surface area contributed by atoms with Crippen LogP contribution >= 0.6 is 11.6 Å². The minimum atomic E-state index is -3.42. The molecule has 1 atom stereocenters. The predicted octanol–water partition coefficient (Wildman–Crippen LogP) is 2.98. The number of para-hydroxylation sites is 2. The van der Waals surface area contributed by atoms with Crippen LogP contribution in [0, 0.1) is 6.42 Å². The fraction of sp³-hybridized carbons (Fsp3) is 0.423. The molecule has 2 heterocycles. The van der Waals surface area contributed by atoms with Crippen LogP contribution in [0.5, 0.6) is 0 Å². The number of piperazine rings is 1. The van der Waals surface area contributed by atoms with E-state index in [-0.39, 0.29) is 11.9 Å². The first-order chi connectivity index (χ1) is 17.7. The summed E-state index contributed by atoms with van der Waals surface area (Å²) in [4.78, 5) is 32.2. The second-order valence-corrected chi connectivity index (χ2v) is 11.6. The number of hydrogen-bond acceptors (Lipinski definition) is 5. The summed E-state index contributed by atoms with van der Waals surface area (Å²) in [5.41, 5.74) is 2.19. The van der Waals surface area contributed by atoms with Crippen molar-refractivity contribution in [3.05, 3.63) is 65.5 Å². The Kier molecular flexibility index (Phi) is 8.81. The van der Waals surface area contributed by atoms with E-state index in [2.05, 4.69) is 21.4 Å². The average molecular weight is 547 g/mol. The Bertz CT molecular complexity index is 1190. The van der Waals surface area contributed by atoms with E-state index in [1.807, 2.05) is 24.3 Å². The molecule has 2 fully saturated rings. The molecule has 37 heavy (non-hydrogen) atoms. The number of rotatable bonds is 7. The average Bonchev–Trinajstić information content (AvgIpc) is 2.89. The molecule has 2 saturated heterocycles. The Morgan fingerprint density at radius 3 is 2.32 bits per heavy atom. The third-order valence-electron chi connectivity index (χ3n) is 6.55. The molecule has 11 heteroatoms. The van der Waals surface area contributed by atoms with Crippen molar-refractivity contribution < 1.29 is 18.0 Å². The van der Waals surface area contributed by atoms with Gasteiger partial charge in [-0.05, 0) is 49.1 Å². The van der Waals surface area contributed by atoms with Gasteiger partial charge in [-0.3, -0.25) is 9.52 Å². The number of benzene rings is 2. The van der Waals surface area contributed by atoms with Crippen LogP contribution in [0.1, 0.15) is 18.4 Å². The SMILES string of the molecule is CS(=O)(=O)Nc1ccccc1N1CCN(C(=O)[C@@H](Cc2ccc(Cl)cc2)NC(=O)N2C[CH]CCC2)CC1. The highest BCUT2D eigenvalue weighted by Crippen LogP contribution is 2.27. The lowest BCUT2D eigenvalue weighted by Gasteiger charge is -2.38. The molecule has 0 bridgehead atoms. The Balaban J connectivity index is 1.45. The minimum Gasteiger partial charge on any atom is -0.366 e. The van der Waals surface area contributed by atoms with Gasteiger partial charge in [-0.2, -0.15) is 0 Å². The van der Waals surface area contributed by atoms with Crippen molar-refractivity contribution in [2.75, 3.05) is 55.1 Å². The number of amides is 3. The summed E-state index contributed by atoms with van der Waals surface area (Å²) in [6.45, 7) is 3.23. The van der Waals surface area contributed by atoms with Crippen LogP contribution in [0.4, 0.5) is 16.2 Å².